The molecular weight excluding hydrogens is 456 g/mol. The van der Waals surface area contributed by atoms with Crippen molar-refractivity contribution >= 4 is 50.7 Å². The van der Waals surface area contributed by atoms with Crippen molar-refractivity contribution in [3.63, 3.8) is 0 Å². The molecule has 0 radical (unpaired) electrons. The van der Waals surface area contributed by atoms with Gasteiger partial charge in [-0.1, -0.05) is 42.4 Å². The number of halogens is 1. The van der Waals surface area contributed by atoms with Crippen LogP contribution in [0.5, 0.6) is 0 Å². The van der Waals surface area contributed by atoms with Gasteiger partial charge in [0.1, 0.15) is 4.90 Å². The van der Waals surface area contributed by atoms with Gasteiger partial charge in [0, 0.05) is 23.3 Å². The van der Waals surface area contributed by atoms with E-state index in [0.29, 0.717) is 21.4 Å². The highest BCUT2D eigenvalue weighted by Crippen LogP contribution is 2.42. The minimum Gasteiger partial charge on any atom is -0.325 e. The molecule has 1 aliphatic rings. The summed E-state index contributed by atoms with van der Waals surface area (Å²) in [5.74, 6) is -0.111. The van der Waals surface area contributed by atoms with Crippen molar-refractivity contribution in [3.8, 4) is 11.3 Å². The summed E-state index contributed by atoms with van der Waals surface area (Å²) in [6, 6.07) is 12.6. The largest absolute Gasteiger partial charge is 0.325 e. The number of nitrogens with zero attached hydrogens (tertiary/aromatic N) is 3. The first-order valence-corrected chi connectivity index (χ1v) is 12.3. The highest BCUT2D eigenvalue weighted by atomic mass is 35.5. The average molecular weight is 475 g/mol. The molecular formula is C21H19ClN4O3S2. The lowest BCUT2D eigenvalue weighted by atomic mass is 10.1. The Morgan fingerprint density at radius 1 is 1.23 bits per heavy atom. The second kappa shape index (κ2) is 8.49. The van der Waals surface area contributed by atoms with Gasteiger partial charge < -0.3 is 5.32 Å². The van der Waals surface area contributed by atoms with Gasteiger partial charge in [-0.3, -0.25) is 9.10 Å². The van der Waals surface area contributed by atoms with Gasteiger partial charge in [0.25, 0.3) is 10.0 Å². The Morgan fingerprint density at radius 2 is 2.03 bits per heavy atom. The molecule has 4 rings (SSSR count). The Kier molecular flexibility index (Phi) is 5.92. The van der Waals surface area contributed by atoms with Gasteiger partial charge >= 0.3 is 0 Å². The zero-order valence-corrected chi connectivity index (χ0v) is 19.2. The molecule has 10 heteroatoms. The Morgan fingerprint density at radius 3 is 2.81 bits per heavy atom. The van der Waals surface area contributed by atoms with E-state index in [0.717, 1.165) is 29.4 Å². The molecule has 3 aromatic rings. The summed E-state index contributed by atoms with van der Waals surface area (Å²) in [5, 5.41) is 3.63. The number of carbonyl (C=O) groups excluding carboxylic acids is 1. The fourth-order valence-corrected chi connectivity index (χ4v) is 5.34. The van der Waals surface area contributed by atoms with Crippen LogP contribution in [0.15, 0.2) is 58.7 Å². The van der Waals surface area contributed by atoms with E-state index in [-0.39, 0.29) is 22.2 Å². The van der Waals surface area contributed by atoms with Crippen molar-refractivity contribution in [1.29, 1.82) is 0 Å². The van der Waals surface area contributed by atoms with Gasteiger partial charge in [0.2, 0.25) is 5.91 Å². The Balaban J connectivity index is 1.57. The van der Waals surface area contributed by atoms with E-state index in [4.69, 9.17) is 11.6 Å². The van der Waals surface area contributed by atoms with Crippen LogP contribution in [0, 0.1) is 0 Å². The standard InChI is InChI=1S/C21H19ClN4O3S2/c1-3-13-5-4-6-15(9-13)24-19(27)12-30-21-23-11-18-20(25-21)16-10-14(22)7-8-17(16)26(2)31(18,28)29/h4-11H,3,12H2,1-2H3,(H,24,27). The lowest BCUT2D eigenvalue weighted by Crippen LogP contribution is -2.31. The van der Waals surface area contributed by atoms with E-state index >= 15 is 0 Å². The fourth-order valence-electron chi connectivity index (χ4n) is 3.25. The maximum absolute atomic E-state index is 12.8. The van der Waals surface area contributed by atoms with Crippen LogP contribution in [0.2, 0.25) is 5.02 Å². The zero-order valence-electron chi connectivity index (χ0n) is 16.8. The number of hydrogen-bond donors (Lipinski definition) is 1. The molecule has 0 saturated heterocycles. The first kappa shape index (κ1) is 21.6. The average Bonchev–Trinajstić information content (AvgIpc) is 2.76. The van der Waals surface area contributed by atoms with Crippen molar-refractivity contribution in [2.24, 2.45) is 0 Å². The van der Waals surface area contributed by atoms with Crippen LogP contribution in [0.3, 0.4) is 0 Å². The van der Waals surface area contributed by atoms with Crippen molar-refractivity contribution in [3.05, 3.63) is 59.2 Å². The van der Waals surface area contributed by atoms with Gasteiger partial charge in [-0.2, -0.15) is 0 Å². The Hall–Kier alpha value is -2.62. The van der Waals surface area contributed by atoms with Crippen molar-refractivity contribution in [2.45, 2.75) is 23.4 Å². The SMILES string of the molecule is CCc1cccc(NC(=O)CSc2ncc3c(n2)-c2cc(Cl)ccc2N(C)S3(=O)=O)c1. The van der Waals surface area contributed by atoms with Crippen LogP contribution in [-0.2, 0) is 21.2 Å². The number of amides is 1. The molecule has 2 heterocycles. The number of carbonyl (C=O) groups is 1. The molecule has 0 bridgehead atoms. The summed E-state index contributed by atoms with van der Waals surface area (Å²) < 4.78 is 26.8. The Bertz CT molecular complexity index is 1280. The molecule has 0 fully saturated rings. The first-order chi connectivity index (χ1) is 14.8. The predicted octanol–water partition coefficient (Wildman–Crippen LogP) is 4.23. The minimum absolute atomic E-state index is 0.00921. The summed E-state index contributed by atoms with van der Waals surface area (Å²) in [7, 11) is -2.29. The Labute approximate surface area is 189 Å². The first-order valence-electron chi connectivity index (χ1n) is 9.47. The van der Waals surface area contributed by atoms with Crippen LogP contribution >= 0.6 is 23.4 Å². The van der Waals surface area contributed by atoms with E-state index in [9.17, 15) is 13.2 Å². The summed E-state index contributed by atoms with van der Waals surface area (Å²) in [6.45, 7) is 2.05. The summed E-state index contributed by atoms with van der Waals surface area (Å²) in [4.78, 5) is 21.0. The number of hydrogen-bond acceptors (Lipinski definition) is 6. The van der Waals surface area contributed by atoms with E-state index in [1.54, 1.807) is 18.2 Å². The highest BCUT2D eigenvalue weighted by molar-refractivity contribution is 7.99. The molecule has 0 spiro atoms. The van der Waals surface area contributed by atoms with E-state index in [1.165, 1.54) is 17.5 Å². The van der Waals surface area contributed by atoms with Crippen LogP contribution in [0.4, 0.5) is 11.4 Å². The molecule has 1 amide bonds. The van der Waals surface area contributed by atoms with Gasteiger partial charge in [-0.15, -0.1) is 0 Å². The molecule has 1 N–H and O–H groups in total. The monoisotopic (exact) mass is 474 g/mol. The number of aromatic nitrogens is 2. The number of thioether (sulfide) groups is 1. The van der Waals surface area contributed by atoms with Gasteiger partial charge in [0.05, 0.1) is 23.3 Å². The topological polar surface area (TPSA) is 92.3 Å². The number of benzene rings is 2. The van der Waals surface area contributed by atoms with E-state index < -0.39 is 10.0 Å². The lowest BCUT2D eigenvalue weighted by Gasteiger charge is -2.28. The second-order valence-corrected chi connectivity index (χ2v) is 10.2. The summed E-state index contributed by atoms with van der Waals surface area (Å²) in [6.07, 6.45) is 2.16. The number of sulfonamides is 1. The number of nitrogens with one attached hydrogen (secondary N) is 1. The molecule has 0 saturated carbocycles. The highest BCUT2D eigenvalue weighted by Gasteiger charge is 2.34. The molecule has 2 aromatic carbocycles. The molecule has 7 nitrogen and oxygen atoms in total. The van der Waals surface area contributed by atoms with Crippen LogP contribution in [0.1, 0.15) is 12.5 Å². The number of aryl methyl sites for hydroxylation is 1. The van der Waals surface area contributed by atoms with Crippen molar-refractivity contribution in [1.82, 2.24) is 9.97 Å². The zero-order chi connectivity index (χ0) is 22.2. The minimum atomic E-state index is -3.77. The molecule has 160 valence electrons. The van der Waals surface area contributed by atoms with Crippen molar-refractivity contribution < 1.29 is 13.2 Å². The van der Waals surface area contributed by atoms with Gasteiger partial charge in [0.15, 0.2) is 5.16 Å². The summed E-state index contributed by atoms with van der Waals surface area (Å²) >= 11 is 7.27. The quantitative estimate of drug-likeness (QED) is 0.439. The van der Waals surface area contributed by atoms with E-state index in [1.807, 2.05) is 31.2 Å². The molecule has 1 aliphatic heterocycles. The molecule has 1 aromatic heterocycles. The molecule has 0 aliphatic carbocycles. The summed E-state index contributed by atoms with van der Waals surface area (Å²) in [5.41, 5.74) is 3.23. The van der Waals surface area contributed by atoms with E-state index in [2.05, 4.69) is 15.3 Å². The normalized spacial score (nSPS) is 14.0. The lowest BCUT2D eigenvalue weighted by molar-refractivity contribution is -0.113. The maximum atomic E-state index is 12.8. The number of rotatable bonds is 5. The maximum Gasteiger partial charge on any atom is 0.267 e. The van der Waals surface area contributed by atoms with Gasteiger partial charge in [-0.05, 0) is 42.3 Å². The van der Waals surface area contributed by atoms with Crippen molar-refractivity contribution in [2.75, 3.05) is 22.4 Å². The third kappa shape index (κ3) is 4.26. The molecule has 0 unspecified atom stereocenters. The second-order valence-electron chi connectivity index (χ2n) is 6.89. The number of fused-ring (bicyclic) bond motifs is 3. The molecule has 0 atom stereocenters. The predicted molar refractivity (Wildman–Crippen MR) is 123 cm³/mol. The van der Waals surface area contributed by atoms with Crippen LogP contribution in [0.25, 0.3) is 11.3 Å². The fraction of sp³-hybridized carbons (Fsp3) is 0.190. The van der Waals surface area contributed by atoms with Gasteiger partial charge in [-0.25, -0.2) is 18.4 Å². The molecule has 31 heavy (non-hydrogen) atoms. The smallest absolute Gasteiger partial charge is 0.267 e. The third-order valence-electron chi connectivity index (χ3n) is 4.88. The third-order valence-corrected chi connectivity index (χ3v) is 7.74. The number of anilines is 2. The van der Waals surface area contributed by atoms with Crippen LogP contribution in [-0.4, -0.2) is 37.1 Å². The van der Waals surface area contributed by atoms with Crippen LogP contribution < -0.4 is 9.62 Å².